The number of rotatable bonds is 6. The fourth-order valence-electron chi connectivity index (χ4n) is 1.71. The quantitative estimate of drug-likeness (QED) is 0.684. The third-order valence-electron chi connectivity index (χ3n) is 2.77. The summed E-state index contributed by atoms with van der Waals surface area (Å²) in [6, 6.07) is 5.97. The molecule has 0 fully saturated rings. The number of aromatic hydroxyl groups is 1. The predicted octanol–water partition coefficient (Wildman–Crippen LogP) is 0.00390. The van der Waals surface area contributed by atoms with Gasteiger partial charge in [-0.15, -0.1) is 0 Å². The van der Waals surface area contributed by atoms with Gasteiger partial charge in [-0.3, -0.25) is 4.79 Å². The molecule has 1 aromatic carbocycles. The summed E-state index contributed by atoms with van der Waals surface area (Å²) in [7, 11) is 0. The molecule has 0 aliphatic carbocycles. The van der Waals surface area contributed by atoms with Crippen molar-refractivity contribution in [2.24, 2.45) is 5.73 Å². The number of nitrogens with one attached hydrogen (secondary N) is 1. The minimum Gasteiger partial charge on any atom is -0.508 e. The molecule has 0 saturated heterocycles. The number of hydrogen-bond donors (Lipinski definition) is 3. The van der Waals surface area contributed by atoms with Crippen molar-refractivity contribution in [1.82, 2.24) is 15.5 Å². The van der Waals surface area contributed by atoms with Gasteiger partial charge in [0.05, 0.1) is 6.04 Å². The van der Waals surface area contributed by atoms with E-state index in [1.807, 2.05) is 0 Å². The summed E-state index contributed by atoms with van der Waals surface area (Å²) in [5.41, 5.74) is 6.71. The largest absolute Gasteiger partial charge is 0.508 e. The van der Waals surface area contributed by atoms with Gasteiger partial charge in [0.25, 0.3) is 0 Å². The third kappa shape index (κ3) is 4.06. The Hall–Kier alpha value is -2.41. The summed E-state index contributed by atoms with van der Waals surface area (Å²) in [5, 5.41) is 15.4. The zero-order valence-electron chi connectivity index (χ0n) is 10.8. The number of carbonyl (C=O) groups is 1. The summed E-state index contributed by atoms with van der Waals surface area (Å²) < 4.78 is 4.82. The summed E-state index contributed by atoms with van der Waals surface area (Å²) in [6.45, 7) is 0.393. The molecule has 106 valence electrons. The monoisotopic (exact) mass is 276 g/mol. The highest BCUT2D eigenvalue weighted by Gasteiger charge is 2.13. The molecular weight excluding hydrogens is 260 g/mol. The van der Waals surface area contributed by atoms with Crippen molar-refractivity contribution in [2.75, 3.05) is 6.54 Å². The van der Waals surface area contributed by atoms with E-state index in [-0.39, 0.29) is 11.7 Å². The van der Waals surface area contributed by atoms with Gasteiger partial charge in [0.2, 0.25) is 11.8 Å². The van der Waals surface area contributed by atoms with Crippen molar-refractivity contribution in [2.45, 2.75) is 18.9 Å². The second-order valence-electron chi connectivity index (χ2n) is 4.35. The normalized spacial score (nSPS) is 12.1. The molecule has 0 bridgehead atoms. The number of nitrogens with zero attached hydrogens (tertiary/aromatic N) is 2. The first-order chi connectivity index (χ1) is 9.65. The zero-order valence-corrected chi connectivity index (χ0v) is 10.8. The van der Waals surface area contributed by atoms with Gasteiger partial charge < -0.3 is 20.7 Å². The number of benzene rings is 1. The van der Waals surface area contributed by atoms with Crippen LogP contribution in [0.4, 0.5) is 0 Å². The van der Waals surface area contributed by atoms with E-state index in [1.165, 1.54) is 6.33 Å². The lowest BCUT2D eigenvalue weighted by atomic mass is 10.1. The van der Waals surface area contributed by atoms with E-state index in [1.54, 1.807) is 24.3 Å². The van der Waals surface area contributed by atoms with E-state index in [4.69, 9.17) is 10.3 Å². The van der Waals surface area contributed by atoms with Gasteiger partial charge in [0.1, 0.15) is 5.75 Å². The average Bonchev–Trinajstić information content (AvgIpc) is 2.94. The standard InChI is InChI=1S/C13H16N4O3/c14-11(7-9-1-3-10(18)4-2-9)13(19)15-6-5-12-16-8-17-20-12/h1-4,8,11,18H,5-7,14H2,(H,15,19)/t11-/m0/s1. The second-order valence-corrected chi connectivity index (χ2v) is 4.35. The Morgan fingerprint density at radius 2 is 2.15 bits per heavy atom. The minimum atomic E-state index is -0.637. The van der Waals surface area contributed by atoms with Gasteiger partial charge in [-0.05, 0) is 24.1 Å². The molecule has 1 atom stereocenters. The van der Waals surface area contributed by atoms with Crippen molar-refractivity contribution < 1.29 is 14.4 Å². The van der Waals surface area contributed by atoms with Crippen LogP contribution in [0.5, 0.6) is 5.75 Å². The second kappa shape index (κ2) is 6.67. The maximum absolute atomic E-state index is 11.8. The van der Waals surface area contributed by atoms with E-state index >= 15 is 0 Å². The van der Waals surface area contributed by atoms with E-state index in [2.05, 4.69) is 15.5 Å². The van der Waals surface area contributed by atoms with Gasteiger partial charge >= 0.3 is 0 Å². The zero-order chi connectivity index (χ0) is 14.4. The molecule has 1 aromatic heterocycles. The van der Waals surface area contributed by atoms with Crippen molar-refractivity contribution in [1.29, 1.82) is 0 Å². The van der Waals surface area contributed by atoms with Crippen LogP contribution in [0.2, 0.25) is 0 Å². The van der Waals surface area contributed by atoms with Crippen molar-refractivity contribution in [3.05, 3.63) is 42.0 Å². The van der Waals surface area contributed by atoms with Gasteiger partial charge in [0.15, 0.2) is 6.33 Å². The lowest BCUT2D eigenvalue weighted by Gasteiger charge is -2.11. The molecule has 4 N–H and O–H groups in total. The Balaban J connectivity index is 1.75. The van der Waals surface area contributed by atoms with E-state index in [0.717, 1.165) is 5.56 Å². The Kier molecular flexibility index (Phi) is 4.67. The predicted molar refractivity (Wildman–Crippen MR) is 70.8 cm³/mol. The van der Waals surface area contributed by atoms with E-state index in [9.17, 15) is 9.90 Å². The van der Waals surface area contributed by atoms with Crippen LogP contribution < -0.4 is 11.1 Å². The maximum atomic E-state index is 11.8. The molecule has 7 heteroatoms. The smallest absolute Gasteiger partial charge is 0.237 e. The van der Waals surface area contributed by atoms with Crippen LogP contribution in [0.1, 0.15) is 11.5 Å². The maximum Gasteiger partial charge on any atom is 0.237 e. The number of carbonyl (C=O) groups excluding carboxylic acids is 1. The molecule has 0 saturated carbocycles. The van der Waals surface area contributed by atoms with Crippen molar-refractivity contribution in [3.63, 3.8) is 0 Å². The molecule has 0 spiro atoms. The molecule has 0 aliphatic heterocycles. The molecule has 20 heavy (non-hydrogen) atoms. The van der Waals surface area contributed by atoms with Crippen molar-refractivity contribution >= 4 is 5.91 Å². The highest BCUT2D eigenvalue weighted by Crippen LogP contribution is 2.10. The first-order valence-corrected chi connectivity index (χ1v) is 6.22. The summed E-state index contributed by atoms with van der Waals surface area (Å²) in [6.07, 6.45) is 2.19. The van der Waals surface area contributed by atoms with Gasteiger partial charge in [-0.25, -0.2) is 0 Å². The molecule has 0 radical (unpaired) electrons. The van der Waals surface area contributed by atoms with Crippen LogP contribution in [0.25, 0.3) is 0 Å². The number of nitrogens with two attached hydrogens (primary N) is 1. The van der Waals surface area contributed by atoms with Gasteiger partial charge in [-0.1, -0.05) is 17.3 Å². The molecule has 2 aromatic rings. The van der Waals surface area contributed by atoms with Crippen LogP contribution in [-0.4, -0.2) is 33.7 Å². The fraction of sp³-hybridized carbons (Fsp3) is 0.308. The van der Waals surface area contributed by atoms with Crippen LogP contribution in [0.15, 0.2) is 35.1 Å². The van der Waals surface area contributed by atoms with Crippen LogP contribution >= 0.6 is 0 Å². The number of hydrogen-bond acceptors (Lipinski definition) is 6. The number of amides is 1. The van der Waals surface area contributed by atoms with Crippen LogP contribution in [-0.2, 0) is 17.6 Å². The fourth-order valence-corrected chi connectivity index (χ4v) is 1.71. The molecule has 2 rings (SSSR count). The highest BCUT2D eigenvalue weighted by atomic mass is 16.5. The summed E-state index contributed by atoms with van der Waals surface area (Å²) in [4.78, 5) is 15.6. The minimum absolute atomic E-state index is 0.186. The SMILES string of the molecule is N[C@@H](Cc1ccc(O)cc1)C(=O)NCCc1ncno1. The van der Waals surface area contributed by atoms with Crippen LogP contribution in [0.3, 0.4) is 0 Å². The first kappa shape index (κ1) is 14.0. The highest BCUT2D eigenvalue weighted by molar-refractivity contribution is 5.81. The molecule has 1 amide bonds. The molecule has 0 aliphatic rings. The molecular formula is C13H16N4O3. The molecule has 0 unspecified atom stereocenters. The number of phenols is 1. The Labute approximate surface area is 115 Å². The average molecular weight is 276 g/mol. The lowest BCUT2D eigenvalue weighted by Crippen LogP contribution is -2.42. The van der Waals surface area contributed by atoms with Gasteiger partial charge in [0, 0.05) is 13.0 Å². The summed E-state index contributed by atoms with van der Waals surface area (Å²) >= 11 is 0. The third-order valence-corrected chi connectivity index (χ3v) is 2.77. The lowest BCUT2D eigenvalue weighted by molar-refractivity contribution is -0.122. The van der Waals surface area contributed by atoms with E-state index < -0.39 is 6.04 Å². The number of phenolic OH excluding ortho intramolecular Hbond substituents is 1. The Bertz CT molecular complexity index is 539. The van der Waals surface area contributed by atoms with Gasteiger partial charge in [-0.2, -0.15) is 4.98 Å². The Morgan fingerprint density at radius 3 is 2.80 bits per heavy atom. The van der Waals surface area contributed by atoms with Crippen molar-refractivity contribution in [3.8, 4) is 5.75 Å². The number of aromatic nitrogens is 2. The Morgan fingerprint density at radius 1 is 1.40 bits per heavy atom. The molecule has 1 heterocycles. The first-order valence-electron chi connectivity index (χ1n) is 6.22. The molecule has 7 nitrogen and oxygen atoms in total. The van der Waals surface area contributed by atoms with E-state index in [0.29, 0.717) is 25.3 Å². The topological polar surface area (TPSA) is 114 Å². The van der Waals surface area contributed by atoms with Crippen LogP contribution in [0, 0.1) is 0 Å². The summed E-state index contributed by atoms with van der Waals surface area (Å²) in [5.74, 6) is 0.418.